The molecule has 1 aliphatic heterocycles. The van der Waals surface area contributed by atoms with Crippen LogP contribution >= 0.6 is 0 Å². The number of nitrogens with one attached hydrogen (secondary N) is 2. The Labute approximate surface area is 235 Å². The maximum Gasteiger partial charge on any atom is 0.306 e. The highest BCUT2D eigenvalue weighted by Gasteiger charge is 2.24. The number of benzene rings is 2. The van der Waals surface area contributed by atoms with Crippen molar-refractivity contribution in [3.8, 4) is 11.5 Å². The quantitative estimate of drug-likeness (QED) is 0.297. The molecule has 2 aliphatic rings. The van der Waals surface area contributed by atoms with Gasteiger partial charge in [-0.1, -0.05) is 19.4 Å². The zero-order valence-electron chi connectivity index (χ0n) is 23.6. The van der Waals surface area contributed by atoms with Crippen LogP contribution in [0.2, 0.25) is 0 Å². The topological polar surface area (TPSA) is 126 Å². The molecule has 2 aromatic carbocycles. The predicted molar refractivity (Wildman–Crippen MR) is 154 cm³/mol. The summed E-state index contributed by atoms with van der Waals surface area (Å²) < 4.78 is 17.0. The molecule has 10 nitrogen and oxygen atoms in total. The van der Waals surface area contributed by atoms with Crippen LogP contribution in [0.15, 0.2) is 40.8 Å². The number of piperidine rings is 1. The Morgan fingerprint density at radius 3 is 2.45 bits per heavy atom. The second-order valence-electron chi connectivity index (χ2n) is 10.2. The van der Waals surface area contributed by atoms with E-state index in [4.69, 9.17) is 19.0 Å². The lowest BCUT2D eigenvalue weighted by molar-refractivity contribution is -0.144. The van der Waals surface area contributed by atoms with Gasteiger partial charge in [0, 0.05) is 37.8 Å². The standard InChI is InChI=1S/C25H32N4O4.C5H8O2/c1-4-24(30)26-19-7-9-21-20(15-19)28-25(33-21)27-18-10-12-29(13-11-18)16-17-6-8-22(31-3)23(14-17)32-5-2;6-5(7)4-2-1-3-4/h6-9,14-15,18H,4-5,10-13,16H2,1-3H3,(H,26,30)(H,27,28);4H,1-3H2,(H,6,7). The van der Waals surface area contributed by atoms with Gasteiger partial charge >= 0.3 is 5.97 Å². The third-order valence-corrected chi connectivity index (χ3v) is 7.30. The van der Waals surface area contributed by atoms with Gasteiger partial charge in [-0.05, 0) is 68.5 Å². The smallest absolute Gasteiger partial charge is 0.306 e. The van der Waals surface area contributed by atoms with Crippen molar-refractivity contribution >= 4 is 34.7 Å². The molecule has 3 aromatic rings. The summed E-state index contributed by atoms with van der Waals surface area (Å²) in [5, 5.41) is 14.5. The van der Waals surface area contributed by atoms with Crippen LogP contribution < -0.4 is 20.1 Å². The van der Waals surface area contributed by atoms with E-state index in [0.29, 0.717) is 30.7 Å². The maximum atomic E-state index is 11.6. The van der Waals surface area contributed by atoms with Gasteiger partial charge in [0.2, 0.25) is 5.91 Å². The summed E-state index contributed by atoms with van der Waals surface area (Å²) >= 11 is 0. The first-order valence-electron chi connectivity index (χ1n) is 14.1. The number of anilines is 2. The monoisotopic (exact) mass is 552 g/mol. The van der Waals surface area contributed by atoms with Crippen molar-refractivity contribution < 1.29 is 28.6 Å². The summed E-state index contributed by atoms with van der Waals surface area (Å²) in [4.78, 5) is 28.6. The Bertz CT molecular complexity index is 1280. The van der Waals surface area contributed by atoms with Crippen LogP contribution in [0, 0.1) is 5.92 Å². The van der Waals surface area contributed by atoms with E-state index in [1.807, 2.05) is 38.1 Å². The minimum absolute atomic E-state index is 0.000000000000000444. The maximum absolute atomic E-state index is 11.6. The molecule has 1 amide bonds. The summed E-state index contributed by atoms with van der Waals surface area (Å²) in [6, 6.07) is 12.5. The molecule has 0 radical (unpaired) electrons. The molecule has 1 saturated heterocycles. The third kappa shape index (κ3) is 7.88. The van der Waals surface area contributed by atoms with Crippen molar-refractivity contribution in [3.63, 3.8) is 0 Å². The molecule has 0 spiro atoms. The first-order valence-corrected chi connectivity index (χ1v) is 14.1. The van der Waals surface area contributed by atoms with Crippen LogP contribution in [0.25, 0.3) is 11.1 Å². The number of hydrogen-bond acceptors (Lipinski definition) is 8. The van der Waals surface area contributed by atoms with Gasteiger partial charge in [0.1, 0.15) is 5.52 Å². The van der Waals surface area contributed by atoms with E-state index in [-0.39, 0.29) is 11.8 Å². The number of fused-ring (bicyclic) bond motifs is 1. The van der Waals surface area contributed by atoms with Crippen molar-refractivity contribution in [1.82, 2.24) is 9.88 Å². The SMILES string of the molecule is CCOc1cc(CN2CCC(Nc3nc4cc(NC(=O)CC)ccc4o3)CC2)ccc1OC.O=C(O)C1CCC1. The van der Waals surface area contributed by atoms with Gasteiger partial charge in [-0.2, -0.15) is 4.98 Å². The molecule has 1 aliphatic carbocycles. The average Bonchev–Trinajstić information content (AvgIpc) is 3.31. The van der Waals surface area contributed by atoms with E-state index < -0.39 is 5.97 Å². The van der Waals surface area contributed by atoms with Gasteiger partial charge in [-0.25, -0.2) is 0 Å². The van der Waals surface area contributed by atoms with Crippen LogP contribution in [-0.4, -0.2) is 59.7 Å². The Morgan fingerprint density at radius 1 is 1.07 bits per heavy atom. The molecule has 1 saturated carbocycles. The molecule has 2 heterocycles. The lowest BCUT2D eigenvalue weighted by Gasteiger charge is -2.32. The fraction of sp³-hybridized carbons (Fsp3) is 0.500. The minimum Gasteiger partial charge on any atom is -0.493 e. The highest BCUT2D eigenvalue weighted by molar-refractivity contribution is 5.92. The van der Waals surface area contributed by atoms with Crippen molar-refractivity contribution in [2.45, 2.75) is 65.0 Å². The second-order valence-corrected chi connectivity index (χ2v) is 10.2. The Balaban J connectivity index is 0.000000461. The van der Waals surface area contributed by atoms with Gasteiger partial charge in [-0.15, -0.1) is 0 Å². The zero-order chi connectivity index (χ0) is 28.5. The molecular formula is C30H40N4O6. The molecule has 5 rings (SSSR count). The third-order valence-electron chi connectivity index (χ3n) is 7.30. The summed E-state index contributed by atoms with van der Waals surface area (Å²) in [7, 11) is 1.66. The fourth-order valence-corrected chi connectivity index (χ4v) is 4.73. The van der Waals surface area contributed by atoms with E-state index in [1.165, 1.54) is 5.56 Å². The molecule has 0 atom stereocenters. The van der Waals surface area contributed by atoms with Crippen molar-refractivity contribution in [2.24, 2.45) is 5.92 Å². The van der Waals surface area contributed by atoms with E-state index in [2.05, 4.69) is 32.7 Å². The number of rotatable bonds is 10. The first-order chi connectivity index (χ1) is 19.4. The number of aliphatic carboxylic acids is 1. The van der Waals surface area contributed by atoms with E-state index in [9.17, 15) is 9.59 Å². The van der Waals surface area contributed by atoms with Gasteiger partial charge in [0.05, 0.1) is 19.6 Å². The lowest BCUT2D eigenvalue weighted by Crippen LogP contribution is -2.38. The second kappa shape index (κ2) is 14.0. The lowest BCUT2D eigenvalue weighted by atomic mass is 9.86. The largest absolute Gasteiger partial charge is 0.493 e. The number of carbonyl (C=O) groups excluding carboxylic acids is 1. The van der Waals surface area contributed by atoms with Crippen molar-refractivity contribution in [2.75, 3.05) is 37.4 Å². The molecule has 0 bridgehead atoms. The number of likely N-dealkylation sites (tertiary alicyclic amines) is 1. The molecule has 10 heteroatoms. The Kier molecular flexibility index (Phi) is 10.2. The number of ether oxygens (including phenoxy) is 2. The van der Waals surface area contributed by atoms with Crippen molar-refractivity contribution in [3.05, 3.63) is 42.0 Å². The highest BCUT2D eigenvalue weighted by Crippen LogP contribution is 2.30. The number of aromatic nitrogens is 1. The van der Waals surface area contributed by atoms with Crippen molar-refractivity contribution in [1.29, 1.82) is 0 Å². The van der Waals surface area contributed by atoms with Gasteiger partial charge in [-0.3, -0.25) is 14.5 Å². The molecular weight excluding hydrogens is 512 g/mol. The van der Waals surface area contributed by atoms with Crippen LogP contribution in [0.1, 0.15) is 57.9 Å². The zero-order valence-corrected chi connectivity index (χ0v) is 23.6. The summed E-state index contributed by atoms with van der Waals surface area (Å²) in [6.07, 6.45) is 5.35. The van der Waals surface area contributed by atoms with Crippen LogP contribution in [-0.2, 0) is 16.1 Å². The molecule has 3 N–H and O–H groups in total. The van der Waals surface area contributed by atoms with Gasteiger partial charge in [0.15, 0.2) is 17.1 Å². The van der Waals surface area contributed by atoms with E-state index in [0.717, 1.165) is 74.4 Å². The normalized spacial score (nSPS) is 16.0. The average molecular weight is 553 g/mol. The van der Waals surface area contributed by atoms with Crippen LogP contribution in [0.4, 0.5) is 11.7 Å². The number of oxazole rings is 1. The molecule has 0 unspecified atom stereocenters. The Morgan fingerprint density at radius 2 is 1.85 bits per heavy atom. The summed E-state index contributed by atoms with van der Waals surface area (Å²) in [6.45, 7) is 7.27. The van der Waals surface area contributed by atoms with Gasteiger partial charge < -0.3 is 29.6 Å². The number of nitrogens with zero attached hydrogens (tertiary/aromatic N) is 2. The summed E-state index contributed by atoms with van der Waals surface area (Å²) in [5.74, 6) is 0.919. The predicted octanol–water partition coefficient (Wildman–Crippen LogP) is 5.53. The van der Waals surface area contributed by atoms with E-state index >= 15 is 0 Å². The summed E-state index contributed by atoms with van der Waals surface area (Å²) in [5.41, 5.74) is 3.38. The minimum atomic E-state index is -0.619. The van der Waals surface area contributed by atoms with Gasteiger partial charge in [0.25, 0.3) is 6.01 Å². The molecule has 216 valence electrons. The van der Waals surface area contributed by atoms with E-state index in [1.54, 1.807) is 7.11 Å². The molecule has 2 fully saturated rings. The highest BCUT2D eigenvalue weighted by atomic mass is 16.5. The molecule has 40 heavy (non-hydrogen) atoms. The number of carbonyl (C=O) groups is 2. The molecule has 1 aromatic heterocycles. The van der Waals surface area contributed by atoms with Crippen LogP contribution in [0.5, 0.6) is 11.5 Å². The van der Waals surface area contributed by atoms with Crippen LogP contribution in [0.3, 0.4) is 0 Å². The fourth-order valence-electron chi connectivity index (χ4n) is 4.73. The number of amides is 1. The number of carboxylic acids is 1. The first kappa shape index (κ1) is 29.2. The Hall–Kier alpha value is -3.79. The number of carboxylic acid groups (broad SMARTS) is 1. The number of hydrogen-bond donors (Lipinski definition) is 3. The number of methoxy groups -OCH3 is 1.